The molecule has 82 valence electrons. The van der Waals surface area contributed by atoms with E-state index in [0.717, 1.165) is 0 Å². The fraction of sp³-hybridized carbons (Fsp3) is 0.375. The number of carboxylic acid groups (broad SMARTS) is 1. The molecule has 7 heteroatoms. The largest absolute Gasteiger partial charge is 0.481 e. The van der Waals surface area contributed by atoms with Gasteiger partial charge in [0, 0.05) is 19.8 Å². The minimum Gasteiger partial charge on any atom is -0.481 e. The van der Waals surface area contributed by atoms with Crippen molar-refractivity contribution in [3.8, 4) is 0 Å². The maximum absolute atomic E-state index is 11.4. The first-order valence-corrected chi connectivity index (χ1v) is 4.32. The molecule has 0 aliphatic rings. The van der Waals surface area contributed by atoms with Crippen molar-refractivity contribution in [2.24, 2.45) is 0 Å². The Balaban J connectivity index is 2.36. The lowest BCUT2D eigenvalue weighted by atomic mass is 10.4. The number of nitrogens with zero attached hydrogens (tertiary/aromatic N) is 2. The molecule has 7 nitrogen and oxygen atoms in total. The van der Waals surface area contributed by atoms with Crippen LogP contribution in [0.25, 0.3) is 0 Å². The lowest BCUT2D eigenvalue weighted by molar-refractivity contribution is -0.137. The van der Waals surface area contributed by atoms with Gasteiger partial charge in [-0.3, -0.25) is 9.89 Å². The van der Waals surface area contributed by atoms with Gasteiger partial charge in [0.25, 0.3) is 0 Å². The highest BCUT2D eigenvalue weighted by molar-refractivity contribution is 5.88. The van der Waals surface area contributed by atoms with Crippen LogP contribution in [0.2, 0.25) is 0 Å². The number of urea groups is 1. The Kier molecular flexibility index (Phi) is 3.67. The number of aromatic amines is 1. The molecule has 0 unspecified atom stereocenters. The molecule has 1 heterocycles. The molecule has 0 spiro atoms. The van der Waals surface area contributed by atoms with Crippen molar-refractivity contribution in [3.05, 3.63) is 12.4 Å². The summed E-state index contributed by atoms with van der Waals surface area (Å²) in [7, 11) is 1.53. The third-order valence-electron chi connectivity index (χ3n) is 1.76. The topological polar surface area (TPSA) is 98.3 Å². The summed E-state index contributed by atoms with van der Waals surface area (Å²) >= 11 is 0. The van der Waals surface area contributed by atoms with Gasteiger partial charge in [-0.2, -0.15) is 5.10 Å². The molecule has 0 fully saturated rings. The Hall–Kier alpha value is -2.05. The van der Waals surface area contributed by atoms with Crippen LogP contribution < -0.4 is 5.32 Å². The first kappa shape index (κ1) is 11.0. The highest BCUT2D eigenvalue weighted by atomic mass is 16.4. The van der Waals surface area contributed by atoms with Crippen LogP contribution in [0, 0.1) is 0 Å². The molecule has 0 aromatic carbocycles. The minimum absolute atomic E-state index is 0.0741. The molecular formula is C8H12N4O3. The molecule has 0 saturated heterocycles. The van der Waals surface area contributed by atoms with Crippen molar-refractivity contribution in [1.29, 1.82) is 0 Å². The van der Waals surface area contributed by atoms with Crippen molar-refractivity contribution in [2.75, 3.05) is 18.9 Å². The molecule has 0 aliphatic heterocycles. The molecular weight excluding hydrogens is 200 g/mol. The van der Waals surface area contributed by atoms with Gasteiger partial charge in [0.2, 0.25) is 0 Å². The van der Waals surface area contributed by atoms with Crippen LogP contribution in [-0.2, 0) is 4.79 Å². The summed E-state index contributed by atoms with van der Waals surface area (Å²) in [5.41, 5.74) is 0.544. The monoisotopic (exact) mass is 212 g/mol. The number of anilines is 1. The van der Waals surface area contributed by atoms with Gasteiger partial charge >= 0.3 is 12.0 Å². The van der Waals surface area contributed by atoms with Gasteiger partial charge < -0.3 is 15.3 Å². The first-order chi connectivity index (χ1) is 7.09. The van der Waals surface area contributed by atoms with Crippen molar-refractivity contribution in [1.82, 2.24) is 15.1 Å². The van der Waals surface area contributed by atoms with Gasteiger partial charge in [0.1, 0.15) is 0 Å². The Morgan fingerprint density at radius 2 is 2.40 bits per heavy atom. The van der Waals surface area contributed by atoms with Crippen molar-refractivity contribution in [3.63, 3.8) is 0 Å². The second kappa shape index (κ2) is 4.99. The van der Waals surface area contributed by atoms with Crippen LogP contribution in [0.5, 0.6) is 0 Å². The zero-order valence-corrected chi connectivity index (χ0v) is 8.23. The summed E-state index contributed by atoms with van der Waals surface area (Å²) in [6.07, 6.45) is 2.92. The normalized spacial score (nSPS) is 9.67. The Morgan fingerprint density at radius 3 is 2.93 bits per heavy atom. The van der Waals surface area contributed by atoms with Gasteiger partial charge in [-0.1, -0.05) is 0 Å². The summed E-state index contributed by atoms with van der Waals surface area (Å²) in [5, 5.41) is 17.2. The van der Waals surface area contributed by atoms with E-state index in [-0.39, 0.29) is 19.0 Å². The predicted octanol–water partition coefficient (Wildman–Crippen LogP) is 0.348. The molecule has 1 aromatic rings. The summed E-state index contributed by atoms with van der Waals surface area (Å²) in [6, 6.07) is -0.363. The smallest absolute Gasteiger partial charge is 0.321 e. The van der Waals surface area contributed by atoms with E-state index in [0.29, 0.717) is 5.69 Å². The summed E-state index contributed by atoms with van der Waals surface area (Å²) in [4.78, 5) is 23.0. The molecule has 0 bridgehead atoms. The van der Waals surface area contributed by atoms with E-state index in [1.807, 2.05) is 0 Å². The fourth-order valence-corrected chi connectivity index (χ4v) is 0.903. The third kappa shape index (κ3) is 3.67. The zero-order chi connectivity index (χ0) is 11.3. The maximum atomic E-state index is 11.4. The minimum atomic E-state index is -0.932. The highest BCUT2D eigenvalue weighted by Gasteiger charge is 2.10. The summed E-state index contributed by atoms with van der Waals surface area (Å²) in [6.45, 7) is 0.166. The standard InChI is InChI=1S/C8H12N4O3/c1-12(3-2-7(13)14)8(15)11-6-4-9-10-5-6/h4-5H,2-3H2,1H3,(H,9,10)(H,11,15)(H,13,14). The maximum Gasteiger partial charge on any atom is 0.321 e. The average Bonchev–Trinajstić information content (AvgIpc) is 2.66. The van der Waals surface area contributed by atoms with Crippen LogP contribution >= 0.6 is 0 Å². The van der Waals surface area contributed by atoms with Crippen molar-refractivity contribution in [2.45, 2.75) is 6.42 Å². The van der Waals surface area contributed by atoms with Crippen LogP contribution in [0.1, 0.15) is 6.42 Å². The number of carbonyl (C=O) groups is 2. The molecule has 1 rings (SSSR count). The quantitative estimate of drug-likeness (QED) is 0.670. The van der Waals surface area contributed by atoms with Crippen LogP contribution in [-0.4, -0.2) is 45.8 Å². The van der Waals surface area contributed by atoms with Crippen LogP contribution in [0.3, 0.4) is 0 Å². The summed E-state index contributed by atoms with van der Waals surface area (Å²) in [5.74, 6) is -0.932. The van der Waals surface area contributed by atoms with Crippen molar-refractivity contribution >= 4 is 17.7 Å². The van der Waals surface area contributed by atoms with E-state index in [1.165, 1.54) is 24.3 Å². The Bertz CT molecular complexity index is 336. The van der Waals surface area contributed by atoms with Gasteiger partial charge in [0.05, 0.1) is 18.3 Å². The van der Waals surface area contributed by atoms with E-state index < -0.39 is 5.97 Å². The number of rotatable bonds is 4. The van der Waals surface area contributed by atoms with E-state index in [4.69, 9.17) is 5.11 Å². The van der Waals surface area contributed by atoms with Gasteiger partial charge in [-0.05, 0) is 0 Å². The Morgan fingerprint density at radius 1 is 1.67 bits per heavy atom. The lowest BCUT2D eigenvalue weighted by Gasteiger charge is -2.15. The van der Waals surface area contributed by atoms with E-state index >= 15 is 0 Å². The molecule has 0 aliphatic carbocycles. The molecule has 2 amide bonds. The highest BCUT2D eigenvalue weighted by Crippen LogP contribution is 2.02. The number of hydrogen-bond donors (Lipinski definition) is 3. The number of nitrogens with one attached hydrogen (secondary N) is 2. The Labute approximate surface area is 86.1 Å². The zero-order valence-electron chi connectivity index (χ0n) is 8.23. The fourth-order valence-electron chi connectivity index (χ4n) is 0.903. The number of aliphatic carboxylic acids is 1. The number of amides is 2. The number of aromatic nitrogens is 2. The second-order valence-corrected chi connectivity index (χ2v) is 2.98. The van der Waals surface area contributed by atoms with E-state index in [2.05, 4.69) is 15.5 Å². The molecule has 3 N–H and O–H groups in total. The SMILES string of the molecule is CN(CCC(=O)O)C(=O)Nc1cn[nH]c1. The molecule has 0 saturated carbocycles. The third-order valence-corrected chi connectivity index (χ3v) is 1.76. The van der Waals surface area contributed by atoms with Crippen LogP contribution in [0.4, 0.5) is 10.5 Å². The number of hydrogen-bond acceptors (Lipinski definition) is 3. The number of carbonyl (C=O) groups excluding carboxylic acids is 1. The number of H-pyrrole nitrogens is 1. The van der Waals surface area contributed by atoms with Gasteiger partial charge in [-0.25, -0.2) is 4.79 Å². The second-order valence-electron chi connectivity index (χ2n) is 2.98. The van der Waals surface area contributed by atoms with Crippen LogP contribution in [0.15, 0.2) is 12.4 Å². The van der Waals surface area contributed by atoms with E-state index in [9.17, 15) is 9.59 Å². The molecule has 15 heavy (non-hydrogen) atoms. The predicted molar refractivity (Wildman–Crippen MR) is 52.5 cm³/mol. The molecule has 0 atom stereocenters. The van der Waals surface area contributed by atoms with Gasteiger partial charge in [0.15, 0.2) is 0 Å². The van der Waals surface area contributed by atoms with E-state index in [1.54, 1.807) is 0 Å². The number of carboxylic acids is 1. The molecule has 1 aromatic heterocycles. The van der Waals surface area contributed by atoms with Crippen molar-refractivity contribution < 1.29 is 14.7 Å². The molecule has 0 radical (unpaired) electrons. The average molecular weight is 212 g/mol. The van der Waals surface area contributed by atoms with Gasteiger partial charge in [-0.15, -0.1) is 0 Å². The first-order valence-electron chi connectivity index (χ1n) is 4.32. The summed E-state index contributed by atoms with van der Waals surface area (Å²) < 4.78 is 0. The lowest BCUT2D eigenvalue weighted by Crippen LogP contribution is -2.32.